The molecule has 1 rings (SSSR count). The van der Waals surface area contributed by atoms with Crippen LogP contribution in [0.5, 0.6) is 5.75 Å². The summed E-state index contributed by atoms with van der Waals surface area (Å²) in [5, 5.41) is 21.5. The molecule has 0 unspecified atom stereocenters. The molecule has 0 saturated carbocycles. The molecule has 0 heterocycles. The van der Waals surface area contributed by atoms with Gasteiger partial charge in [0.05, 0.1) is 0 Å². The number of benzene rings is 1. The Morgan fingerprint density at radius 2 is 1.21 bits per heavy atom. The van der Waals surface area contributed by atoms with Crippen LogP contribution < -0.4 is 32.7 Å². The van der Waals surface area contributed by atoms with E-state index in [0.717, 1.165) is 44.1 Å². The van der Waals surface area contributed by atoms with Crippen molar-refractivity contribution in [1.29, 1.82) is 0 Å². The number of hydrogen-bond acceptors (Lipinski definition) is 7. The largest absolute Gasteiger partial charge is 0.508 e. The molecule has 0 bridgehead atoms. The van der Waals surface area contributed by atoms with E-state index in [0.29, 0.717) is 25.8 Å². The Labute approximate surface area is 287 Å². The number of primary amides is 1. The molecule has 0 fully saturated rings. The van der Waals surface area contributed by atoms with Crippen LogP contribution in [0.2, 0.25) is 0 Å². The Hall–Kier alpha value is -3.67. The lowest BCUT2D eigenvalue weighted by Gasteiger charge is -2.27. The zero-order valence-electron chi connectivity index (χ0n) is 29.8. The molecule has 1 aromatic carbocycles. The number of rotatable bonds is 25. The van der Waals surface area contributed by atoms with Crippen LogP contribution in [0.25, 0.3) is 0 Å². The fourth-order valence-electron chi connectivity index (χ4n) is 5.45. The highest BCUT2D eigenvalue weighted by Gasteiger charge is 2.26. The van der Waals surface area contributed by atoms with E-state index in [1.54, 1.807) is 24.3 Å². The lowest BCUT2D eigenvalue weighted by Crippen LogP contribution is -2.48. The fourth-order valence-corrected chi connectivity index (χ4v) is 5.45. The highest BCUT2D eigenvalue weighted by atomic mass is 16.3. The topological polar surface area (TPSA) is 206 Å². The number of carbonyl (C=O) groups excluding carboxylic acids is 5. The maximum absolute atomic E-state index is 13.3. The van der Waals surface area contributed by atoms with Gasteiger partial charge in [-0.2, -0.15) is 0 Å². The Morgan fingerprint density at radius 3 is 1.73 bits per heavy atom. The van der Waals surface area contributed by atoms with Crippen LogP contribution in [-0.4, -0.2) is 65.4 Å². The van der Waals surface area contributed by atoms with E-state index in [9.17, 15) is 29.1 Å². The van der Waals surface area contributed by atoms with Gasteiger partial charge >= 0.3 is 0 Å². The minimum absolute atomic E-state index is 0.0179. The van der Waals surface area contributed by atoms with Crippen LogP contribution in [0.15, 0.2) is 24.3 Å². The highest BCUT2D eigenvalue weighted by Crippen LogP contribution is 2.15. The molecule has 12 nitrogen and oxygen atoms in total. The number of phenolic OH excluding ortho intramolecular Hbond substituents is 1. The molecular weight excluding hydrogens is 612 g/mol. The van der Waals surface area contributed by atoms with E-state index in [4.69, 9.17) is 11.5 Å². The molecule has 48 heavy (non-hydrogen) atoms. The first-order valence-electron chi connectivity index (χ1n) is 17.7. The molecule has 0 spiro atoms. The van der Waals surface area contributed by atoms with Crippen molar-refractivity contribution in [2.24, 2.45) is 23.3 Å². The van der Waals surface area contributed by atoms with Gasteiger partial charge in [0.25, 0.3) is 0 Å². The van der Waals surface area contributed by atoms with Gasteiger partial charge in [0, 0.05) is 56.3 Å². The van der Waals surface area contributed by atoms with Gasteiger partial charge in [-0.05, 0) is 61.8 Å². The molecule has 0 aromatic heterocycles. The third kappa shape index (κ3) is 19.2. The zero-order valence-corrected chi connectivity index (χ0v) is 29.8. The molecule has 0 saturated heterocycles. The normalized spacial score (nSPS) is 13.8. The van der Waals surface area contributed by atoms with E-state index < -0.39 is 30.1 Å². The van der Waals surface area contributed by atoms with Crippen LogP contribution in [0, 0.1) is 11.8 Å². The van der Waals surface area contributed by atoms with E-state index in [1.807, 2.05) is 27.7 Å². The Bertz CT molecular complexity index is 1130. The molecule has 1 aromatic rings. The number of nitrogens with one attached hydrogen (secondary N) is 4. The van der Waals surface area contributed by atoms with Crippen LogP contribution in [0.1, 0.15) is 117 Å². The van der Waals surface area contributed by atoms with Gasteiger partial charge in [0.2, 0.25) is 29.5 Å². The minimum atomic E-state index is -0.500. The number of amides is 5. The summed E-state index contributed by atoms with van der Waals surface area (Å²) < 4.78 is 0. The quantitative estimate of drug-likeness (QED) is 0.0770. The van der Waals surface area contributed by atoms with Crippen LogP contribution in [0.3, 0.4) is 0 Å². The van der Waals surface area contributed by atoms with E-state index >= 15 is 0 Å². The van der Waals surface area contributed by atoms with Gasteiger partial charge in [0.15, 0.2) is 0 Å². The number of phenols is 1. The van der Waals surface area contributed by atoms with Crippen LogP contribution in [0.4, 0.5) is 0 Å². The summed E-state index contributed by atoms with van der Waals surface area (Å²) >= 11 is 0. The molecule has 5 amide bonds. The van der Waals surface area contributed by atoms with Gasteiger partial charge in [0.1, 0.15) is 5.75 Å². The summed E-state index contributed by atoms with van der Waals surface area (Å²) in [5.74, 6) is -1.45. The average molecular weight is 675 g/mol. The van der Waals surface area contributed by atoms with Crippen molar-refractivity contribution in [2.75, 3.05) is 6.54 Å². The summed E-state index contributed by atoms with van der Waals surface area (Å²) in [6.45, 7) is 10.3. The molecule has 4 atom stereocenters. The Balaban J connectivity index is 2.85. The van der Waals surface area contributed by atoms with Gasteiger partial charge in [-0.15, -0.1) is 0 Å². The monoisotopic (exact) mass is 674 g/mol. The fraction of sp³-hybridized carbons (Fsp3) is 0.694. The van der Waals surface area contributed by atoms with Crippen molar-refractivity contribution >= 4 is 29.5 Å². The maximum Gasteiger partial charge on any atom is 0.222 e. The predicted octanol–water partition coefficient (Wildman–Crippen LogP) is 3.33. The van der Waals surface area contributed by atoms with E-state index in [1.165, 1.54) is 0 Å². The third-order valence-electron chi connectivity index (χ3n) is 8.41. The molecule has 0 radical (unpaired) electrons. The van der Waals surface area contributed by atoms with Gasteiger partial charge < -0.3 is 37.8 Å². The lowest BCUT2D eigenvalue weighted by molar-refractivity contribution is -0.125. The zero-order chi connectivity index (χ0) is 36.1. The van der Waals surface area contributed by atoms with Crippen LogP contribution in [-0.2, 0) is 30.4 Å². The summed E-state index contributed by atoms with van der Waals surface area (Å²) in [7, 11) is 0. The van der Waals surface area contributed by atoms with Gasteiger partial charge in [-0.1, -0.05) is 72.4 Å². The molecule has 0 aliphatic carbocycles. The molecular formula is C36H62N6O6. The number of carbonyl (C=O) groups is 5. The predicted molar refractivity (Wildman–Crippen MR) is 189 cm³/mol. The third-order valence-corrected chi connectivity index (χ3v) is 8.41. The molecule has 9 N–H and O–H groups in total. The van der Waals surface area contributed by atoms with E-state index in [2.05, 4.69) is 28.2 Å². The SMILES string of the molecule is CCCCCCC(=O)N[C@H](CC(=O)N[C@@H](CC(=O)N[C@@H](CC(=O)N[C@@H](CCCCN)CC(N)=O)C(C)C)C(C)C)Cc1ccc(O)cc1. The Kier molecular flexibility index (Phi) is 20.8. The molecule has 0 aliphatic heterocycles. The number of nitrogens with two attached hydrogens (primary N) is 2. The Morgan fingerprint density at radius 1 is 0.667 bits per heavy atom. The first-order valence-corrected chi connectivity index (χ1v) is 17.7. The van der Waals surface area contributed by atoms with Crippen molar-refractivity contribution in [3.05, 3.63) is 29.8 Å². The van der Waals surface area contributed by atoms with Crippen LogP contribution >= 0.6 is 0 Å². The number of hydrogen-bond donors (Lipinski definition) is 7. The maximum atomic E-state index is 13.3. The number of unbranched alkanes of at least 4 members (excludes halogenated alkanes) is 4. The first kappa shape index (κ1) is 42.4. The standard InChI is InChI=1S/C36H62N6O6/c1-6-7-8-9-13-33(45)40-28(19-26-14-16-29(43)17-15-26)21-34(46)41-31(25(4)5)23-36(48)42-30(24(2)3)22-35(47)39-27(20-32(38)44)12-10-11-18-37/h14-17,24-25,27-28,30-31,43H,6-13,18-23,37H2,1-5H3,(H2,38,44)(H,39,47)(H,40,45)(H,41,46)(H,42,48)/t27-,28-,30-,31-/m0/s1. The van der Waals surface area contributed by atoms with Crippen molar-refractivity contribution in [2.45, 2.75) is 142 Å². The van der Waals surface area contributed by atoms with Crippen molar-refractivity contribution in [1.82, 2.24) is 21.3 Å². The summed E-state index contributed by atoms with van der Waals surface area (Å²) in [6, 6.07) is 4.89. The van der Waals surface area contributed by atoms with Crippen molar-refractivity contribution < 1.29 is 29.1 Å². The van der Waals surface area contributed by atoms with E-state index in [-0.39, 0.29) is 66.9 Å². The molecule has 272 valence electrons. The summed E-state index contributed by atoms with van der Waals surface area (Å²) in [4.78, 5) is 63.7. The smallest absolute Gasteiger partial charge is 0.222 e. The number of aromatic hydroxyl groups is 1. The second-order valence-electron chi connectivity index (χ2n) is 13.6. The highest BCUT2D eigenvalue weighted by molar-refractivity contribution is 5.83. The summed E-state index contributed by atoms with van der Waals surface area (Å²) in [5.41, 5.74) is 11.8. The first-order chi connectivity index (χ1) is 22.7. The second kappa shape index (κ2) is 23.6. The summed E-state index contributed by atoms with van der Waals surface area (Å²) in [6.07, 6.45) is 6.90. The van der Waals surface area contributed by atoms with Gasteiger partial charge in [-0.25, -0.2) is 0 Å². The molecule has 0 aliphatic rings. The lowest BCUT2D eigenvalue weighted by atomic mass is 9.96. The second-order valence-corrected chi connectivity index (χ2v) is 13.6. The molecule has 12 heteroatoms. The van der Waals surface area contributed by atoms with Crippen molar-refractivity contribution in [3.63, 3.8) is 0 Å². The minimum Gasteiger partial charge on any atom is -0.508 e. The van der Waals surface area contributed by atoms with Crippen molar-refractivity contribution in [3.8, 4) is 5.75 Å². The van der Waals surface area contributed by atoms with Gasteiger partial charge in [-0.3, -0.25) is 24.0 Å². The average Bonchev–Trinajstić information content (AvgIpc) is 2.99.